The molecule has 4 nitrogen and oxygen atoms in total. The van der Waals surface area contributed by atoms with Gasteiger partial charge in [-0.2, -0.15) is 13.2 Å². The Kier molecular flexibility index (Phi) is 5.44. The van der Waals surface area contributed by atoms with E-state index in [1.54, 1.807) is 12.1 Å². The molecule has 1 amide bonds. The smallest absolute Gasteiger partial charge is 0.401 e. The molecule has 0 fully saturated rings. The lowest BCUT2D eigenvalue weighted by Gasteiger charge is -2.11. The number of ether oxygens (including phenoxy) is 1. The maximum Gasteiger partial charge on any atom is 0.401 e. The van der Waals surface area contributed by atoms with Gasteiger partial charge < -0.3 is 15.4 Å². The number of rotatable bonds is 5. The highest BCUT2D eigenvalue weighted by Gasteiger charge is 2.26. The van der Waals surface area contributed by atoms with Crippen LogP contribution in [0.1, 0.15) is 0 Å². The summed E-state index contributed by atoms with van der Waals surface area (Å²) in [4.78, 5) is 11.4. The standard InChI is InChI=1S/C11H12ClF3N2O2/c1-19-9-3-2-7(12)4-8(9)17-10(18)5-16-6-11(13,14)15/h2-4,16H,5-6H2,1H3,(H,17,18). The van der Waals surface area contributed by atoms with E-state index in [4.69, 9.17) is 16.3 Å². The number of hydrogen-bond acceptors (Lipinski definition) is 3. The summed E-state index contributed by atoms with van der Waals surface area (Å²) in [5.41, 5.74) is 0.300. The summed E-state index contributed by atoms with van der Waals surface area (Å²) in [7, 11) is 1.40. The van der Waals surface area contributed by atoms with Crippen LogP contribution in [-0.2, 0) is 4.79 Å². The predicted molar refractivity (Wildman–Crippen MR) is 65.6 cm³/mol. The molecule has 19 heavy (non-hydrogen) atoms. The summed E-state index contributed by atoms with van der Waals surface area (Å²) in [6.07, 6.45) is -4.35. The second-order valence-corrected chi connectivity index (χ2v) is 4.05. The normalized spacial score (nSPS) is 11.2. The highest BCUT2D eigenvalue weighted by Crippen LogP contribution is 2.27. The van der Waals surface area contributed by atoms with Crippen molar-refractivity contribution in [3.05, 3.63) is 23.2 Å². The minimum Gasteiger partial charge on any atom is -0.495 e. The molecule has 0 bridgehead atoms. The van der Waals surface area contributed by atoms with E-state index in [1.807, 2.05) is 5.32 Å². The van der Waals surface area contributed by atoms with Gasteiger partial charge in [-0.15, -0.1) is 0 Å². The van der Waals surface area contributed by atoms with E-state index in [2.05, 4.69) is 5.32 Å². The maximum atomic E-state index is 11.9. The van der Waals surface area contributed by atoms with Gasteiger partial charge in [0.2, 0.25) is 5.91 Å². The summed E-state index contributed by atoms with van der Waals surface area (Å²) >= 11 is 5.75. The van der Waals surface area contributed by atoms with Crippen molar-refractivity contribution < 1.29 is 22.7 Å². The second-order valence-electron chi connectivity index (χ2n) is 3.61. The fourth-order valence-corrected chi connectivity index (χ4v) is 1.46. The zero-order valence-electron chi connectivity index (χ0n) is 9.97. The van der Waals surface area contributed by atoms with Crippen LogP contribution in [0.25, 0.3) is 0 Å². The Hall–Kier alpha value is -1.47. The first-order chi connectivity index (χ1) is 8.81. The van der Waals surface area contributed by atoms with E-state index in [-0.39, 0.29) is 0 Å². The molecule has 0 heterocycles. The molecule has 1 aromatic rings. The first-order valence-corrected chi connectivity index (χ1v) is 5.60. The van der Waals surface area contributed by atoms with Crippen molar-refractivity contribution in [3.63, 3.8) is 0 Å². The van der Waals surface area contributed by atoms with Crippen molar-refractivity contribution in [1.82, 2.24) is 5.32 Å². The Morgan fingerprint density at radius 1 is 1.42 bits per heavy atom. The van der Waals surface area contributed by atoms with E-state index < -0.39 is 25.2 Å². The molecule has 0 aromatic heterocycles. The number of carbonyl (C=O) groups is 1. The third-order valence-electron chi connectivity index (χ3n) is 2.05. The molecule has 0 aliphatic carbocycles. The Morgan fingerprint density at radius 2 is 2.11 bits per heavy atom. The number of halogens is 4. The molecule has 0 saturated heterocycles. The zero-order chi connectivity index (χ0) is 14.5. The maximum absolute atomic E-state index is 11.9. The second kappa shape index (κ2) is 6.63. The van der Waals surface area contributed by atoms with Crippen molar-refractivity contribution in [3.8, 4) is 5.75 Å². The highest BCUT2D eigenvalue weighted by atomic mass is 35.5. The molecule has 0 unspecified atom stereocenters. The Balaban J connectivity index is 2.55. The van der Waals surface area contributed by atoms with Gasteiger partial charge in [-0.1, -0.05) is 11.6 Å². The number of alkyl halides is 3. The minimum absolute atomic E-state index is 0.300. The number of anilines is 1. The van der Waals surface area contributed by atoms with Gasteiger partial charge in [0, 0.05) is 5.02 Å². The molecule has 0 saturated carbocycles. The third kappa shape index (κ3) is 5.80. The number of amides is 1. The van der Waals surface area contributed by atoms with Crippen LogP contribution in [0.2, 0.25) is 5.02 Å². The van der Waals surface area contributed by atoms with E-state index in [1.165, 1.54) is 13.2 Å². The molecule has 0 radical (unpaired) electrons. The Morgan fingerprint density at radius 3 is 2.68 bits per heavy atom. The van der Waals surface area contributed by atoms with Gasteiger partial charge in [0.15, 0.2) is 0 Å². The summed E-state index contributed by atoms with van der Waals surface area (Å²) in [6.45, 7) is -1.69. The predicted octanol–water partition coefficient (Wildman–Crippen LogP) is 2.44. The van der Waals surface area contributed by atoms with Crippen LogP contribution in [0.5, 0.6) is 5.75 Å². The van der Waals surface area contributed by atoms with Gasteiger partial charge in [-0.25, -0.2) is 0 Å². The highest BCUT2D eigenvalue weighted by molar-refractivity contribution is 6.31. The fraction of sp³-hybridized carbons (Fsp3) is 0.364. The molecule has 106 valence electrons. The molecule has 2 N–H and O–H groups in total. The van der Waals surface area contributed by atoms with Crippen LogP contribution in [0, 0.1) is 0 Å². The number of nitrogens with one attached hydrogen (secondary N) is 2. The van der Waals surface area contributed by atoms with Gasteiger partial charge in [0.1, 0.15) is 5.75 Å². The first kappa shape index (κ1) is 15.6. The summed E-state index contributed by atoms with van der Waals surface area (Å²) in [5, 5.41) is 4.77. The average Bonchev–Trinajstić information content (AvgIpc) is 2.27. The zero-order valence-corrected chi connectivity index (χ0v) is 10.7. The lowest BCUT2D eigenvalue weighted by atomic mass is 10.3. The molecular weight excluding hydrogens is 285 g/mol. The molecule has 0 aliphatic heterocycles. The molecule has 1 rings (SSSR count). The van der Waals surface area contributed by atoms with Gasteiger partial charge >= 0.3 is 6.18 Å². The topological polar surface area (TPSA) is 50.4 Å². The SMILES string of the molecule is COc1ccc(Cl)cc1NC(=O)CNCC(F)(F)F. The number of benzene rings is 1. The Labute approximate surface area is 112 Å². The average molecular weight is 297 g/mol. The van der Waals surface area contributed by atoms with Gasteiger partial charge in [0.05, 0.1) is 25.9 Å². The van der Waals surface area contributed by atoms with E-state index in [0.717, 1.165) is 0 Å². The molecule has 1 aromatic carbocycles. The molecule has 0 spiro atoms. The number of hydrogen-bond donors (Lipinski definition) is 2. The molecule has 8 heteroatoms. The van der Waals surface area contributed by atoms with Crippen molar-refractivity contribution in [2.45, 2.75) is 6.18 Å². The van der Waals surface area contributed by atoms with Crippen molar-refractivity contribution >= 4 is 23.2 Å². The first-order valence-electron chi connectivity index (χ1n) is 5.22. The summed E-state index contributed by atoms with van der Waals surface area (Å²) in [5.74, 6) is -0.251. The summed E-state index contributed by atoms with van der Waals surface area (Å²) in [6, 6.07) is 4.56. The van der Waals surface area contributed by atoms with Gasteiger partial charge in [-0.05, 0) is 18.2 Å². The van der Waals surface area contributed by atoms with E-state index >= 15 is 0 Å². The van der Waals surface area contributed by atoms with Crippen molar-refractivity contribution in [2.75, 3.05) is 25.5 Å². The largest absolute Gasteiger partial charge is 0.495 e. The number of carbonyl (C=O) groups excluding carboxylic acids is 1. The fourth-order valence-electron chi connectivity index (χ4n) is 1.29. The van der Waals surface area contributed by atoms with Crippen LogP contribution in [0.4, 0.5) is 18.9 Å². The molecule has 0 aliphatic rings. The third-order valence-corrected chi connectivity index (χ3v) is 2.28. The Bertz CT molecular complexity index is 452. The van der Waals surface area contributed by atoms with Crippen LogP contribution in [-0.4, -0.2) is 32.3 Å². The van der Waals surface area contributed by atoms with E-state index in [9.17, 15) is 18.0 Å². The van der Waals surface area contributed by atoms with Crippen LogP contribution < -0.4 is 15.4 Å². The lowest BCUT2D eigenvalue weighted by molar-refractivity contribution is -0.126. The van der Waals surface area contributed by atoms with Gasteiger partial charge in [0.25, 0.3) is 0 Å². The van der Waals surface area contributed by atoms with Gasteiger partial charge in [-0.3, -0.25) is 4.79 Å². The van der Waals surface area contributed by atoms with Crippen molar-refractivity contribution in [2.24, 2.45) is 0 Å². The van der Waals surface area contributed by atoms with Crippen LogP contribution in [0.15, 0.2) is 18.2 Å². The molecular formula is C11H12ClF3N2O2. The van der Waals surface area contributed by atoms with Crippen LogP contribution in [0.3, 0.4) is 0 Å². The quantitative estimate of drug-likeness (QED) is 0.877. The minimum atomic E-state index is -4.35. The summed E-state index contributed by atoms with van der Waals surface area (Å²) < 4.78 is 40.6. The van der Waals surface area contributed by atoms with Crippen molar-refractivity contribution in [1.29, 1.82) is 0 Å². The molecule has 0 atom stereocenters. The monoisotopic (exact) mass is 296 g/mol. The number of methoxy groups -OCH3 is 1. The lowest BCUT2D eigenvalue weighted by Crippen LogP contribution is -2.35. The van der Waals surface area contributed by atoms with E-state index in [0.29, 0.717) is 16.5 Å². The van der Waals surface area contributed by atoms with Crippen LogP contribution >= 0.6 is 11.6 Å².